The van der Waals surface area contributed by atoms with E-state index in [9.17, 15) is 9.59 Å². The average molecular weight is 367 g/mol. The normalized spacial score (nSPS) is 15.3. The van der Waals surface area contributed by atoms with E-state index in [0.29, 0.717) is 30.7 Å². The third-order valence-corrected chi connectivity index (χ3v) is 4.19. The van der Waals surface area contributed by atoms with E-state index in [1.807, 2.05) is 20.8 Å². The molecule has 1 N–H and O–H groups in total. The van der Waals surface area contributed by atoms with E-state index >= 15 is 0 Å². The molecule has 0 saturated carbocycles. The minimum absolute atomic E-state index is 0.000890. The highest BCUT2D eigenvalue weighted by atomic mass is 35.5. The van der Waals surface area contributed by atoms with E-state index in [-0.39, 0.29) is 22.6 Å². The van der Waals surface area contributed by atoms with Gasteiger partial charge in [0.1, 0.15) is 11.1 Å². The second-order valence-corrected chi connectivity index (χ2v) is 7.56. The van der Waals surface area contributed by atoms with E-state index in [0.717, 1.165) is 0 Å². The molecule has 25 heavy (non-hydrogen) atoms. The molecule has 0 bridgehead atoms. The van der Waals surface area contributed by atoms with Crippen LogP contribution >= 0.6 is 11.6 Å². The molecule has 0 unspecified atom stereocenters. The van der Waals surface area contributed by atoms with Crippen molar-refractivity contribution in [2.75, 3.05) is 13.1 Å². The second-order valence-electron chi connectivity index (χ2n) is 7.15. The molecule has 0 radical (unpaired) electrons. The molecule has 2 aromatic rings. The third kappa shape index (κ3) is 3.68. The van der Waals surface area contributed by atoms with Gasteiger partial charge < -0.3 is 14.7 Å². The van der Waals surface area contributed by atoms with E-state index in [1.54, 1.807) is 15.6 Å². The summed E-state index contributed by atoms with van der Waals surface area (Å²) in [4.78, 5) is 24.7. The largest absolute Gasteiger partial charge is 0.478 e. The Labute approximate surface area is 149 Å². The zero-order chi connectivity index (χ0) is 18.4. The molecule has 0 atom stereocenters. The number of carbonyl (C=O) groups is 2. The lowest BCUT2D eigenvalue weighted by Gasteiger charge is -2.39. The molecule has 1 fully saturated rings. The number of amides is 1. The summed E-state index contributed by atoms with van der Waals surface area (Å²) in [5.74, 6) is -0.871. The van der Waals surface area contributed by atoms with Crippen molar-refractivity contribution in [3.63, 3.8) is 0 Å². The highest BCUT2D eigenvalue weighted by Crippen LogP contribution is 2.25. The van der Waals surface area contributed by atoms with Gasteiger partial charge in [-0.25, -0.2) is 14.3 Å². The number of hydrogen-bond donors (Lipinski definition) is 1. The van der Waals surface area contributed by atoms with Crippen LogP contribution in [0, 0.1) is 5.92 Å². The lowest BCUT2D eigenvalue weighted by molar-refractivity contribution is -0.00372. The maximum atomic E-state index is 11.9. The summed E-state index contributed by atoms with van der Waals surface area (Å²) in [6, 6.07) is 2.97. The van der Waals surface area contributed by atoms with Gasteiger partial charge >= 0.3 is 12.1 Å². The molecule has 1 aliphatic heterocycles. The van der Waals surface area contributed by atoms with Gasteiger partial charge in [-0.2, -0.15) is 0 Å². The van der Waals surface area contributed by atoms with Crippen molar-refractivity contribution < 1.29 is 19.4 Å². The van der Waals surface area contributed by atoms with Crippen molar-refractivity contribution in [3.05, 3.63) is 22.7 Å². The molecule has 1 aliphatic rings. The lowest BCUT2D eigenvalue weighted by Crippen LogP contribution is -2.52. The number of ether oxygens (including phenoxy) is 1. The molecule has 2 heterocycles. The molecule has 0 aliphatic carbocycles. The summed E-state index contributed by atoms with van der Waals surface area (Å²) in [6.45, 7) is 7.23. The fourth-order valence-corrected chi connectivity index (χ4v) is 2.93. The number of aromatic nitrogens is 3. The molecule has 3 rings (SSSR count). The highest BCUT2D eigenvalue weighted by Gasteiger charge is 2.34. The zero-order valence-electron chi connectivity index (χ0n) is 14.2. The van der Waals surface area contributed by atoms with E-state index < -0.39 is 11.6 Å². The van der Waals surface area contributed by atoms with Gasteiger partial charge in [0.2, 0.25) is 0 Å². The summed E-state index contributed by atoms with van der Waals surface area (Å²) in [5.41, 5.74) is 0.639. The van der Waals surface area contributed by atoms with Crippen LogP contribution in [0.5, 0.6) is 0 Å². The number of carboxylic acids is 1. The topological polar surface area (TPSA) is 97.5 Å². The number of aromatic carboxylic acids is 1. The molecule has 8 nitrogen and oxygen atoms in total. The van der Waals surface area contributed by atoms with Crippen molar-refractivity contribution >= 4 is 34.7 Å². The Hall–Kier alpha value is -2.35. The first kappa shape index (κ1) is 17.5. The van der Waals surface area contributed by atoms with Crippen molar-refractivity contribution in [2.24, 2.45) is 5.92 Å². The fraction of sp³-hybridized carbons (Fsp3) is 0.500. The van der Waals surface area contributed by atoms with Gasteiger partial charge in [-0.15, -0.1) is 5.10 Å². The second kappa shape index (κ2) is 6.18. The SMILES string of the molecule is CC(C)(C)OC(=O)N1CC(Cn2nnc3cc(C(=O)O)c(Cl)cc32)C1. The predicted octanol–water partition coefficient (Wildman–Crippen LogP) is 2.65. The van der Waals surface area contributed by atoms with Gasteiger partial charge in [0, 0.05) is 25.6 Å². The van der Waals surface area contributed by atoms with Gasteiger partial charge in [0.05, 0.1) is 16.1 Å². The van der Waals surface area contributed by atoms with Crippen LogP contribution in [0.3, 0.4) is 0 Å². The van der Waals surface area contributed by atoms with Crippen molar-refractivity contribution in [1.29, 1.82) is 0 Å². The third-order valence-electron chi connectivity index (χ3n) is 3.87. The molecule has 0 spiro atoms. The number of halogens is 1. The Balaban J connectivity index is 1.66. The smallest absolute Gasteiger partial charge is 0.410 e. The number of nitrogens with zero attached hydrogens (tertiary/aromatic N) is 4. The Bertz CT molecular complexity index is 837. The summed E-state index contributed by atoms with van der Waals surface area (Å²) >= 11 is 6.02. The van der Waals surface area contributed by atoms with Gasteiger partial charge in [-0.3, -0.25) is 0 Å². The van der Waals surface area contributed by atoms with Crippen LogP contribution in [-0.2, 0) is 11.3 Å². The summed E-state index contributed by atoms with van der Waals surface area (Å²) in [5, 5.41) is 17.3. The quantitative estimate of drug-likeness (QED) is 0.896. The van der Waals surface area contributed by atoms with Crippen LogP contribution in [-0.4, -0.2) is 55.8 Å². The lowest BCUT2D eigenvalue weighted by atomic mass is 10.0. The number of carbonyl (C=O) groups excluding carboxylic acids is 1. The van der Waals surface area contributed by atoms with Crippen LogP contribution in [0.2, 0.25) is 5.02 Å². The minimum Gasteiger partial charge on any atom is -0.478 e. The predicted molar refractivity (Wildman–Crippen MR) is 90.8 cm³/mol. The summed E-state index contributed by atoms with van der Waals surface area (Å²) in [7, 11) is 0. The number of rotatable bonds is 3. The fourth-order valence-electron chi connectivity index (χ4n) is 2.69. The first-order valence-corrected chi connectivity index (χ1v) is 8.26. The van der Waals surface area contributed by atoms with Crippen LogP contribution in [0.1, 0.15) is 31.1 Å². The Kier molecular flexibility index (Phi) is 4.32. The molecule has 1 amide bonds. The van der Waals surface area contributed by atoms with E-state index in [1.165, 1.54) is 6.07 Å². The van der Waals surface area contributed by atoms with Crippen LogP contribution in [0.25, 0.3) is 11.0 Å². The van der Waals surface area contributed by atoms with Gasteiger partial charge in [0.15, 0.2) is 0 Å². The zero-order valence-corrected chi connectivity index (χ0v) is 14.9. The van der Waals surface area contributed by atoms with Crippen LogP contribution in [0.15, 0.2) is 12.1 Å². The Morgan fingerprint density at radius 2 is 2.04 bits per heavy atom. The average Bonchev–Trinajstić information content (AvgIpc) is 2.81. The molecule has 1 aromatic heterocycles. The molecule has 1 aromatic carbocycles. The molecule has 134 valence electrons. The van der Waals surface area contributed by atoms with E-state index in [2.05, 4.69) is 10.3 Å². The summed E-state index contributed by atoms with van der Waals surface area (Å²) < 4.78 is 7.01. The van der Waals surface area contributed by atoms with Gasteiger partial charge in [-0.05, 0) is 32.9 Å². The molecule has 1 saturated heterocycles. The number of fused-ring (bicyclic) bond motifs is 1. The highest BCUT2D eigenvalue weighted by molar-refractivity contribution is 6.34. The molecular formula is C16H19ClN4O4. The standard InChI is InChI=1S/C16H19ClN4O4/c1-16(2,3)25-15(24)20-6-9(7-20)8-21-13-5-11(17)10(14(22)23)4-12(13)18-19-21/h4-5,9H,6-8H2,1-3H3,(H,22,23). The first-order valence-electron chi connectivity index (χ1n) is 7.88. The molecular weight excluding hydrogens is 348 g/mol. The van der Waals surface area contributed by atoms with E-state index in [4.69, 9.17) is 21.4 Å². The first-order chi connectivity index (χ1) is 11.6. The van der Waals surface area contributed by atoms with Crippen LogP contribution < -0.4 is 0 Å². The molecule has 9 heteroatoms. The maximum Gasteiger partial charge on any atom is 0.410 e. The Morgan fingerprint density at radius 1 is 1.36 bits per heavy atom. The van der Waals surface area contributed by atoms with Gasteiger partial charge in [0.25, 0.3) is 0 Å². The van der Waals surface area contributed by atoms with Crippen molar-refractivity contribution in [2.45, 2.75) is 32.9 Å². The van der Waals surface area contributed by atoms with Crippen molar-refractivity contribution in [3.8, 4) is 0 Å². The van der Waals surface area contributed by atoms with Crippen LogP contribution in [0.4, 0.5) is 4.79 Å². The minimum atomic E-state index is -1.10. The summed E-state index contributed by atoms with van der Waals surface area (Å²) in [6.07, 6.45) is -0.318. The monoisotopic (exact) mass is 366 g/mol. The number of benzene rings is 1. The van der Waals surface area contributed by atoms with Crippen molar-refractivity contribution in [1.82, 2.24) is 19.9 Å². The maximum absolute atomic E-state index is 11.9. The number of hydrogen-bond acceptors (Lipinski definition) is 5. The van der Waals surface area contributed by atoms with Gasteiger partial charge in [-0.1, -0.05) is 16.8 Å². The Morgan fingerprint density at radius 3 is 2.64 bits per heavy atom. The number of carboxylic acid groups (broad SMARTS) is 1. The number of likely N-dealkylation sites (tertiary alicyclic amines) is 1.